The van der Waals surface area contributed by atoms with Gasteiger partial charge in [-0.05, 0) is 190 Å². The Balaban J connectivity index is 0.000000184. The van der Waals surface area contributed by atoms with Gasteiger partial charge in [0.25, 0.3) is 5.91 Å². The molecule has 774 valence electrons. The van der Waals surface area contributed by atoms with E-state index in [2.05, 4.69) is 166 Å². The Bertz CT molecular complexity index is 5930. The van der Waals surface area contributed by atoms with Crippen LogP contribution < -0.4 is 26.7 Å². The second-order valence-corrected chi connectivity index (χ2v) is 36.4. The van der Waals surface area contributed by atoms with Gasteiger partial charge in [0.15, 0.2) is 0 Å². The van der Waals surface area contributed by atoms with Crippen LogP contribution in [0.3, 0.4) is 0 Å². The number of carboxylic acid groups (broad SMARTS) is 2. The van der Waals surface area contributed by atoms with Crippen LogP contribution in [-0.2, 0) is 77.1 Å². The van der Waals surface area contributed by atoms with Crippen LogP contribution in [0.15, 0.2) is 267 Å². The predicted octanol–water partition coefficient (Wildman–Crippen LogP) is 18.4. The van der Waals surface area contributed by atoms with Crippen LogP contribution in [0.5, 0.6) is 0 Å². The van der Waals surface area contributed by atoms with Gasteiger partial charge in [0, 0.05) is 159 Å². The molecule has 12 aromatic carbocycles. The van der Waals surface area contributed by atoms with Gasteiger partial charge in [-0.2, -0.15) is 0 Å². The Kier molecular flexibility index (Phi) is 46.4. The maximum atomic E-state index is 13.5. The second-order valence-electron chi connectivity index (χ2n) is 36.4. The van der Waals surface area contributed by atoms with E-state index in [0.717, 1.165) is 245 Å². The number of hydrogen-bond acceptors (Lipinski definition) is 20. The third-order valence-corrected chi connectivity index (χ3v) is 26.4. The monoisotopic (exact) mass is 2020 g/mol. The maximum Gasteiger partial charge on any atom is 0.337 e. The molecule has 9 amide bonds. The largest absolute Gasteiger partial charge is 0.478 e. The molecule has 0 aliphatic carbocycles. The molecule has 0 bridgehead atoms. The average Bonchev–Trinajstić information content (AvgIpc) is 0.821. The summed E-state index contributed by atoms with van der Waals surface area (Å²) in [5.74, 6) is -2.59. The molecule has 0 radical (unpaired) electrons. The molecule has 4 aliphatic heterocycles. The number of morpholine rings is 4. The summed E-state index contributed by atoms with van der Waals surface area (Å²) < 4.78 is 26.5. The normalized spacial score (nSPS) is 14.6. The molecule has 29 nitrogen and oxygen atoms in total. The highest BCUT2D eigenvalue weighted by Gasteiger charge is 2.27. The molecule has 7 N–H and O–H groups in total. The van der Waals surface area contributed by atoms with E-state index in [9.17, 15) is 48.6 Å². The SMILES string of the molecule is C.COC(=O)c1ccc(CN(CCCN2CCOCC2)C(=O)N[C@@H](C)c2cccc3ccccc23)cc1.CONC(=O)c1ccc(CN(CCCN2CCOCC2)C(=O)N[C@@H](C)c2cccc3ccccc23)cc1.C[C@H](NC(=O)N(CCCN1CCOCC1)Cc1ccc(C(=O)O)cc1)c1cccc2ccccc12.C[C@H](NC(=O)N(CCCN1CCOCC1)Cc1ccc(C(=O)O)cc1)c1cccc2ccccc12.S=S. The summed E-state index contributed by atoms with van der Waals surface area (Å²) in [5, 5.41) is 40.3. The van der Waals surface area contributed by atoms with E-state index in [-0.39, 0.29) is 78.7 Å². The van der Waals surface area contributed by atoms with Crippen LogP contribution in [0, 0.1) is 0 Å². The molecule has 4 fully saturated rings. The number of rotatable bonds is 37. The fourth-order valence-electron chi connectivity index (χ4n) is 18.3. The van der Waals surface area contributed by atoms with Gasteiger partial charge < -0.3 is 74.8 Å². The predicted molar refractivity (Wildman–Crippen MR) is 580 cm³/mol. The van der Waals surface area contributed by atoms with Crippen LogP contribution in [0.1, 0.15) is 171 Å². The van der Waals surface area contributed by atoms with Gasteiger partial charge in [-0.1, -0.05) is 226 Å². The van der Waals surface area contributed by atoms with Crippen molar-refractivity contribution in [3.8, 4) is 0 Å². The van der Waals surface area contributed by atoms with Gasteiger partial charge in [0.2, 0.25) is 0 Å². The molecule has 0 aromatic heterocycles. The summed E-state index contributed by atoms with van der Waals surface area (Å²) in [5.41, 5.74) is 11.8. The van der Waals surface area contributed by atoms with Crippen molar-refractivity contribution in [2.75, 3.05) is 172 Å². The third kappa shape index (κ3) is 34.7. The number of methoxy groups -OCH3 is 1. The standard InChI is InChI=1S/C29H36N4O4.C29H35N3O4.2C28H33N3O4.CH4.S2/c1-22(26-10-5-8-24-7-3-4-9-27(24)26)30-29(35)33(16-6-15-32-17-19-37-20-18-32)21-23-11-13-25(14-12-23)28(34)31-36-2;1-22(26-10-5-8-24-7-3-4-9-27(24)26)30-29(34)32(16-6-15-31-17-19-36-20-18-31)21-23-11-13-25(14-12-23)28(33)35-2;2*1-21(25-9-4-7-23-6-2-3-8-26(23)25)29-28(34)31(15-5-14-30-16-18-35-19-17-30)20-22-10-12-24(13-11-22)27(32)33;;1-2/h3-5,7-14,22H,6,15-21H2,1-2H3,(H,30,35)(H,31,34);3-5,7-14,22H,6,15-21H2,1-2H3,(H,30,34);2*2-4,6-13,21H,5,14-20H2,1H3,(H,29,34)(H,32,33);1H4;/t2*22-;2*21-;;/m0000../s1. The first-order valence-corrected chi connectivity index (χ1v) is 51.2. The fourth-order valence-corrected chi connectivity index (χ4v) is 18.3. The summed E-state index contributed by atoms with van der Waals surface area (Å²) in [6, 6.07) is 84.3. The lowest BCUT2D eigenvalue weighted by Crippen LogP contribution is -2.43. The van der Waals surface area contributed by atoms with Crippen molar-refractivity contribution in [2.24, 2.45) is 0 Å². The second kappa shape index (κ2) is 60.0. The summed E-state index contributed by atoms with van der Waals surface area (Å²) >= 11 is 7.33. The van der Waals surface area contributed by atoms with Gasteiger partial charge in [-0.3, -0.25) is 29.2 Å². The highest BCUT2D eigenvalue weighted by molar-refractivity contribution is 8.07. The number of carboxylic acids is 2. The van der Waals surface area contributed by atoms with Crippen molar-refractivity contribution in [1.82, 2.24) is 65.9 Å². The number of carbonyl (C=O) groups excluding carboxylic acids is 6. The minimum absolute atomic E-state index is 0. The van der Waals surface area contributed by atoms with Crippen molar-refractivity contribution >= 4 is 113 Å². The summed E-state index contributed by atoms with van der Waals surface area (Å²) in [6.45, 7) is 29.3. The summed E-state index contributed by atoms with van der Waals surface area (Å²) in [7, 11) is 2.77. The topological polar surface area (TPSA) is 318 Å². The number of nitrogens with zero attached hydrogens (tertiary/aromatic N) is 8. The molecular formula is C115H141N13O16S2. The molecule has 4 atom stereocenters. The van der Waals surface area contributed by atoms with Crippen LogP contribution in [0.2, 0.25) is 0 Å². The van der Waals surface area contributed by atoms with Gasteiger partial charge in [0.1, 0.15) is 0 Å². The van der Waals surface area contributed by atoms with Crippen LogP contribution >= 0.6 is 0 Å². The van der Waals surface area contributed by atoms with Gasteiger partial charge in [-0.25, -0.2) is 39.0 Å². The van der Waals surface area contributed by atoms with E-state index < -0.39 is 11.9 Å². The fraction of sp³-hybridized carbons (Fsp3) is 0.374. The van der Waals surface area contributed by atoms with Crippen molar-refractivity contribution in [3.63, 3.8) is 0 Å². The molecule has 4 aliphatic rings. The van der Waals surface area contributed by atoms with E-state index in [1.165, 1.54) is 14.2 Å². The first-order valence-electron chi connectivity index (χ1n) is 49.9. The van der Waals surface area contributed by atoms with E-state index >= 15 is 0 Å². The molecule has 31 heteroatoms. The molecule has 4 heterocycles. The van der Waals surface area contributed by atoms with Crippen LogP contribution in [0.25, 0.3) is 43.1 Å². The van der Waals surface area contributed by atoms with E-state index in [1.807, 2.05) is 144 Å². The first-order chi connectivity index (χ1) is 70.6. The Morgan fingerprint density at radius 1 is 0.315 bits per heavy atom. The lowest BCUT2D eigenvalue weighted by atomic mass is 10.00. The van der Waals surface area contributed by atoms with E-state index in [0.29, 0.717) is 63.5 Å². The molecule has 4 saturated heterocycles. The van der Waals surface area contributed by atoms with Gasteiger partial charge in [-0.15, -0.1) is 0 Å². The number of benzene rings is 12. The first kappa shape index (κ1) is 113. The van der Waals surface area contributed by atoms with Crippen LogP contribution in [0.4, 0.5) is 19.2 Å². The number of hydroxylamine groups is 1. The summed E-state index contributed by atoms with van der Waals surface area (Å²) in [4.78, 5) is 122. The van der Waals surface area contributed by atoms with E-state index in [4.69, 9.17) is 28.5 Å². The Morgan fingerprint density at radius 2 is 0.534 bits per heavy atom. The highest BCUT2D eigenvalue weighted by Crippen LogP contribution is 2.31. The number of esters is 1. The minimum atomic E-state index is -0.958. The van der Waals surface area contributed by atoms with E-state index in [1.54, 1.807) is 72.8 Å². The number of ether oxygens (including phenoxy) is 5. The van der Waals surface area contributed by atoms with Crippen molar-refractivity contribution in [1.29, 1.82) is 0 Å². The Labute approximate surface area is 867 Å². The quantitative estimate of drug-likeness (QED) is 0.0140. The number of nitrogens with one attached hydrogen (secondary N) is 5. The number of urea groups is 4. The Morgan fingerprint density at radius 3 is 0.760 bits per heavy atom. The Hall–Kier alpha value is -13.3. The number of carbonyl (C=O) groups is 8. The van der Waals surface area contributed by atoms with Crippen molar-refractivity contribution < 1.29 is 77.1 Å². The molecular weight excluding hydrogens is 1880 g/mol. The lowest BCUT2D eigenvalue weighted by molar-refractivity contribution is 0.0364. The average molecular weight is 2030 g/mol. The summed E-state index contributed by atoms with van der Waals surface area (Å²) in [6.07, 6.45) is 3.44. The molecule has 0 saturated carbocycles. The highest BCUT2D eigenvalue weighted by atomic mass is 32.8. The van der Waals surface area contributed by atoms with Gasteiger partial charge in [0.05, 0.1) is 108 Å². The smallest absolute Gasteiger partial charge is 0.337 e. The van der Waals surface area contributed by atoms with Crippen molar-refractivity contribution in [2.45, 2.75) is 111 Å². The zero-order valence-electron chi connectivity index (χ0n) is 83.8. The molecule has 0 unspecified atom stereocenters. The molecule has 12 aromatic rings. The molecule has 16 rings (SSSR count). The zero-order valence-corrected chi connectivity index (χ0v) is 85.5. The molecule has 146 heavy (non-hydrogen) atoms. The van der Waals surface area contributed by atoms with Gasteiger partial charge >= 0.3 is 42.0 Å². The third-order valence-electron chi connectivity index (χ3n) is 26.4. The number of hydrogen-bond donors (Lipinski definition) is 7. The number of aromatic carboxylic acids is 2. The minimum Gasteiger partial charge on any atom is -0.478 e. The number of amides is 9. The van der Waals surface area contributed by atoms with Crippen LogP contribution in [-0.4, -0.2) is 269 Å². The molecule has 0 spiro atoms. The zero-order chi connectivity index (χ0) is 103. The number of fused-ring (bicyclic) bond motifs is 4. The lowest BCUT2D eigenvalue weighted by Gasteiger charge is -2.29. The van der Waals surface area contributed by atoms with Crippen molar-refractivity contribution in [3.05, 3.63) is 334 Å². The maximum absolute atomic E-state index is 13.5.